The fourth-order valence-corrected chi connectivity index (χ4v) is 4.14. The number of halogens is 1. The molecule has 0 unspecified atom stereocenters. The number of amidine groups is 1. The Morgan fingerprint density at radius 3 is 2.18 bits per heavy atom. The third-order valence-electron chi connectivity index (χ3n) is 6.34. The van der Waals surface area contributed by atoms with Crippen LogP contribution in [0.3, 0.4) is 0 Å². The highest BCUT2D eigenvalue weighted by Crippen LogP contribution is 2.26. The van der Waals surface area contributed by atoms with E-state index in [2.05, 4.69) is 10.2 Å². The first-order chi connectivity index (χ1) is 15.7. The molecule has 10 nitrogen and oxygen atoms in total. The van der Waals surface area contributed by atoms with Gasteiger partial charge in [-0.3, -0.25) is 15.0 Å². The zero-order valence-corrected chi connectivity index (χ0v) is 20.6. The van der Waals surface area contributed by atoms with E-state index in [9.17, 15) is 14.4 Å². The third kappa shape index (κ3) is 7.24. The van der Waals surface area contributed by atoms with Crippen molar-refractivity contribution in [2.75, 3.05) is 51.8 Å². The monoisotopic (exact) mass is 494 g/mol. The molecule has 1 aromatic carbocycles. The molecule has 188 valence electrons. The van der Waals surface area contributed by atoms with Crippen molar-refractivity contribution in [3.05, 3.63) is 29.8 Å². The van der Waals surface area contributed by atoms with Gasteiger partial charge in [0.05, 0.1) is 5.92 Å². The lowest BCUT2D eigenvalue weighted by molar-refractivity contribution is -0.155. The zero-order valence-electron chi connectivity index (χ0n) is 19.8. The van der Waals surface area contributed by atoms with Gasteiger partial charge in [0.1, 0.15) is 5.84 Å². The summed E-state index contributed by atoms with van der Waals surface area (Å²) in [7, 11) is 3.24. The molecule has 0 aromatic heterocycles. The Labute approximate surface area is 206 Å². The summed E-state index contributed by atoms with van der Waals surface area (Å²) in [6.45, 7) is 2.49. The maximum absolute atomic E-state index is 12.7. The van der Waals surface area contributed by atoms with E-state index >= 15 is 0 Å². The molecule has 0 atom stereocenters. The summed E-state index contributed by atoms with van der Waals surface area (Å²) in [5, 5.41) is 10.6. The lowest BCUT2D eigenvalue weighted by atomic mass is 9.86. The van der Waals surface area contributed by atoms with Gasteiger partial charge in [0.15, 0.2) is 6.61 Å². The van der Waals surface area contributed by atoms with Gasteiger partial charge in [-0.05, 0) is 49.9 Å². The summed E-state index contributed by atoms with van der Waals surface area (Å²) in [6, 6.07) is 7.55. The fourth-order valence-electron chi connectivity index (χ4n) is 4.14. The first kappa shape index (κ1) is 27.2. The standard InChI is InChI=1S/C23H34N6O4.ClH/c1-27(2)20(30)15-33-22(31)17-3-7-18(8-4-17)26-23(32)29-13-11-28(12-14-29)19-9-5-16(6-10-19)21(24)25;/h5-6,9-10,17-18H,3-4,7-8,11-15H2,1-2H3,(H3,24,25)(H,26,32);1H. The zero-order chi connectivity index (χ0) is 24.0. The highest BCUT2D eigenvalue weighted by atomic mass is 35.5. The Morgan fingerprint density at radius 1 is 1.06 bits per heavy atom. The van der Waals surface area contributed by atoms with E-state index in [-0.39, 0.29) is 54.7 Å². The second-order valence-corrected chi connectivity index (χ2v) is 8.83. The minimum Gasteiger partial charge on any atom is -0.455 e. The second kappa shape index (κ2) is 12.5. The molecule has 11 heteroatoms. The molecular formula is C23H35ClN6O4. The van der Waals surface area contributed by atoms with Crippen LogP contribution in [-0.2, 0) is 14.3 Å². The lowest BCUT2D eigenvalue weighted by Crippen LogP contribution is -2.54. The third-order valence-corrected chi connectivity index (χ3v) is 6.34. The number of rotatable bonds is 6. The Kier molecular flexibility index (Phi) is 9.97. The molecule has 3 amide bonds. The lowest BCUT2D eigenvalue weighted by Gasteiger charge is -2.37. The average Bonchev–Trinajstić information content (AvgIpc) is 2.82. The van der Waals surface area contributed by atoms with Gasteiger partial charge in [0, 0.05) is 57.6 Å². The SMILES string of the molecule is CN(C)C(=O)COC(=O)C1CCC(NC(=O)N2CCN(c3ccc(C(=N)N)cc3)CC2)CC1.Cl. The number of amides is 3. The van der Waals surface area contributed by atoms with E-state index in [1.54, 1.807) is 14.1 Å². The average molecular weight is 495 g/mol. The summed E-state index contributed by atoms with van der Waals surface area (Å²) in [5.74, 6) is -0.737. The normalized spacial score (nSPS) is 20.1. The molecular weight excluding hydrogens is 460 g/mol. The molecule has 1 aliphatic carbocycles. The minimum absolute atomic E-state index is 0. The molecule has 2 fully saturated rings. The molecule has 1 saturated carbocycles. The molecule has 0 bridgehead atoms. The number of nitrogens with one attached hydrogen (secondary N) is 2. The van der Waals surface area contributed by atoms with Crippen LogP contribution in [0.2, 0.25) is 0 Å². The summed E-state index contributed by atoms with van der Waals surface area (Å²) in [6.07, 6.45) is 2.72. The number of ether oxygens (including phenoxy) is 1. The van der Waals surface area contributed by atoms with E-state index in [0.717, 1.165) is 31.6 Å². The van der Waals surface area contributed by atoms with E-state index in [1.165, 1.54) is 4.90 Å². The number of nitrogens with zero attached hydrogens (tertiary/aromatic N) is 3. The van der Waals surface area contributed by atoms with E-state index in [1.807, 2.05) is 29.2 Å². The van der Waals surface area contributed by atoms with Crippen LogP contribution in [0.1, 0.15) is 31.2 Å². The van der Waals surface area contributed by atoms with Crippen LogP contribution in [0.4, 0.5) is 10.5 Å². The number of likely N-dealkylation sites (N-methyl/N-ethyl adjacent to an activating group) is 1. The van der Waals surface area contributed by atoms with Crippen molar-refractivity contribution < 1.29 is 19.1 Å². The minimum atomic E-state index is -0.331. The van der Waals surface area contributed by atoms with Gasteiger partial charge in [0.25, 0.3) is 5.91 Å². The molecule has 1 heterocycles. The number of urea groups is 1. The van der Waals surface area contributed by atoms with Crippen LogP contribution in [0.15, 0.2) is 24.3 Å². The highest BCUT2D eigenvalue weighted by molar-refractivity contribution is 5.95. The van der Waals surface area contributed by atoms with Gasteiger partial charge in [0.2, 0.25) is 0 Å². The number of hydrogen-bond acceptors (Lipinski definition) is 6. The number of piperazine rings is 1. The molecule has 2 aliphatic rings. The van der Waals surface area contributed by atoms with Crippen molar-refractivity contribution >= 4 is 41.8 Å². The summed E-state index contributed by atoms with van der Waals surface area (Å²) in [5.41, 5.74) is 7.26. The maximum atomic E-state index is 12.7. The Bertz CT molecular complexity index is 863. The summed E-state index contributed by atoms with van der Waals surface area (Å²) >= 11 is 0. The van der Waals surface area contributed by atoms with Crippen LogP contribution in [0, 0.1) is 11.3 Å². The number of benzene rings is 1. The van der Waals surface area contributed by atoms with Gasteiger partial charge < -0.3 is 30.5 Å². The Hall–Kier alpha value is -3.01. The quantitative estimate of drug-likeness (QED) is 0.311. The van der Waals surface area contributed by atoms with E-state index in [4.69, 9.17) is 15.9 Å². The molecule has 1 saturated heterocycles. The number of nitrogen functional groups attached to an aromatic ring is 1. The largest absolute Gasteiger partial charge is 0.455 e. The van der Waals surface area contributed by atoms with Crippen LogP contribution < -0.4 is 16.0 Å². The van der Waals surface area contributed by atoms with Gasteiger partial charge in [-0.15, -0.1) is 12.4 Å². The van der Waals surface area contributed by atoms with E-state index < -0.39 is 0 Å². The smallest absolute Gasteiger partial charge is 0.317 e. The predicted octanol–water partition coefficient (Wildman–Crippen LogP) is 1.41. The number of hydrogen-bond donors (Lipinski definition) is 3. The molecule has 3 rings (SSSR count). The molecule has 0 radical (unpaired) electrons. The van der Waals surface area contributed by atoms with Crippen molar-refractivity contribution in [1.29, 1.82) is 5.41 Å². The Balaban J connectivity index is 0.00000408. The van der Waals surface area contributed by atoms with Gasteiger partial charge in [-0.2, -0.15) is 0 Å². The van der Waals surface area contributed by atoms with Gasteiger partial charge in [-0.25, -0.2) is 4.79 Å². The van der Waals surface area contributed by atoms with Crippen molar-refractivity contribution in [1.82, 2.24) is 15.1 Å². The number of carbonyl (C=O) groups excluding carboxylic acids is 3. The molecule has 34 heavy (non-hydrogen) atoms. The number of esters is 1. The predicted molar refractivity (Wildman–Crippen MR) is 132 cm³/mol. The van der Waals surface area contributed by atoms with Crippen LogP contribution in [0.25, 0.3) is 0 Å². The van der Waals surface area contributed by atoms with Crippen LogP contribution >= 0.6 is 12.4 Å². The van der Waals surface area contributed by atoms with Crippen LogP contribution in [0.5, 0.6) is 0 Å². The number of anilines is 1. The highest BCUT2D eigenvalue weighted by Gasteiger charge is 2.30. The topological polar surface area (TPSA) is 132 Å². The molecule has 1 aliphatic heterocycles. The van der Waals surface area contributed by atoms with E-state index in [0.29, 0.717) is 31.5 Å². The fraction of sp³-hybridized carbons (Fsp3) is 0.565. The first-order valence-corrected chi connectivity index (χ1v) is 11.4. The summed E-state index contributed by atoms with van der Waals surface area (Å²) in [4.78, 5) is 41.9. The van der Waals surface area contributed by atoms with Crippen LogP contribution in [-0.4, -0.2) is 86.5 Å². The van der Waals surface area contributed by atoms with Gasteiger partial charge in [-0.1, -0.05) is 0 Å². The number of nitrogens with two attached hydrogens (primary N) is 1. The molecule has 4 N–H and O–H groups in total. The second-order valence-electron chi connectivity index (χ2n) is 8.83. The Morgan fingerprint density at radius 2 is 1.65 bits per heavy atom. The number of carbonyl (C=O) groups is 3. The van der Waals surface area contributed by atoms with Crippen molar-refractivity contribution in [2.45, 2.75) is 31.7 Å². The molecule has 0 spiro atoms. The van der Waals surface area contributed by atoms with Gasteiger partial charge >= 0.3 is 12.0 Å². The first-order valence-electron chi connectivity index (χ1n) is 11.4. The molecule has 1 aromatic rings. The summed E-state index contributed by atoms with van der Waals surface area (Å²) < 4.78 is 5.13. The maximum Gasteiger partial charge on any atom is 0.317 e. The van der Waals surface area contributed by atoms with Crippen molar-refractivity contribution in [3.8, 4) is 0 Å². The van der Waals surface area contributed by atoms with Crippen molar-refractivity contribution in [3.63, 3.8) is 0 Å². The van der Waals surface area contributed by atoms with Crippen molar-refractivity contribution in [2.24, 2.45) is 11.7 Å².